The summed E-state index contributed by atoms with van der Waals surface area (Å²) in [5.74, 6) is -0.604. The van der Waals surface area contributed by atoms with E-state index >= 15 is 0 Å². The Balaban J connectivity index is 2.18. The first kappa shape index (κ1) is 17.9. The molecule has 1 rings (SSSR count). The number of carboxylic acids is 1. The van der Waals surface area contributed by atoms with Crippen molar-refractivity contribution in [2.45, 2.75) is 25.5 Å². The average Bonchev–Trinajstić information content (AvgIpc) is 2.51. The standard InChI is InChI=1S/C15H22N2O5/c1-11(15(21)16-8-7-14(19)20)17-9-12(18)10-22-13-5-3-2-4-6-13/h2-6,11-12,17-18H,7-10H2,1H3,(H,16,21)(H,19,20). The van der Waals surface area contributed by atoms with Gasteiger partial charge in [-0.1, -0.05) is 18.2 Å². The van der Waals surface area contributed by atoms with Crippen LogP contribution in [0.5, 0.6) is 5.75 Å². The van der Waals surface area contributed by atoms with Crippen LogP contribution in [0.15, 0.2) is 30.3 Å². The molecule has 7 nitrogen and oxygen atoms in total. The minimum atomic E-state index is -0.964. The van der Waals surface area contributed by atoms with Crippen molar-refractivity contribution in [2.75, 3.05) is 19.7 Å². The van der Waals surface area contributed by atoms with Gasteiger partial charge in [0.25, 0.3) is 0 Å². The Morgan fingerprint density at radius 1 is 1.27 bits per heavy atom. The van der Waals surface area contributed by atoms with Gasteiger partial charge in [-0.3, -0.25) is 9.59 Å². The molecule has 0 radical (unpaired) electrons. The lowest BCUT2D eigenvalue weighted by Crippen LogP contribution is -2.46. The highest BCUT2D eigenvalue weighted by Crippen LogP contribution is 2.08. The van der Waals surface area contributed by atoms with Crippen LogP contribution in [0.4, 0.5) is 0 Å². The van der Waals surface area contributed by atoms with E-state index in [0.29, 0.717) is 5.75 Å². The maximum absolute atomic E-state index is 11.6. The molecule has 1 amide bonds. The molecule has 0 aliphatic heterocycles. The highest BCUT2D eigenvalue weighted by molar-refractivity contribution is 5.81. The molecule has 122 valence electrons. The highest BCUT2D eigenvalue weighted by Gasteiger charge is 2.14. The second-order valence-electron chi connectivity index (χ2n) is 4.84. The molecule has 0 aliphatic carbocycles. The van der Waals surface area contributed by atoms with E-state index in [1.165, 1.54) is 0 Å². The van der Waals surface area contributed by atoms with E-state index in [4.69, 9.17) is 9.84 Å². The smallest absolute Gasteiger partial charge is 0.305 e. The van der Waals surface area contributed by atoms with Gasteiger partial charge in [-0.15, -0.1) is 0 Å². The summed E-state index contributed by atoms with van der Waals surface area (Å²) in [6.45, 7) is 2.03. The molecule has 0 fully saturated rings. The first-order valence-corrected chi connectivity index (χ1v) is 7.08. The lowest BCUT2D eigenvalue weighted by atomic mass is 10.2. The van der Waals surface area contributed by atoms with Crippen molar-refractivity contribution >= 4 is 11.9 Å². The van der Waals surface area contributed by atoms with Gasteiger partial charge in [0.05, 0.1) is 12.5 Å². The summed E-state index contributed by atoms with van der Waals surface area (Å²) < 4.78 is 5.40. The average molecular weight is 310 g/mol. The highest BCUT2D eigenvalue weighted by atomic mass is 16.5. The summed E-state index contributed by atoms with van der Waals surface area (Å²) in [6.07, 6.45) is -0.874. The van der Waals surface area contributed by atoms with Gasteiger partial charge in [-0.2, -0.15) is 0 Å². The number of carbonyl (C=O) groups is 2. The molecule has 0 saturated carbocycles. The first-order chi connectivity index (χ1) is 10.5. The molecule has 4 N–H and O–H groups in total. The van der Waals surface area contributed by atoms with E-state index in [2.05, 4.69) is 10.6 Å². The summed E-state index contributed by atoms with van der Waals surface area (Å²) in [4.78, 5) is 22.0. The number of para-hydroxylation sites is 1. The number of hydrogen-bond acceptors (Lipinski definition) is 5. The normalized spacial score (nSPS) is 13.2. The molecule has 2 unspecified atom stereocenters. The minimum absolute atomic E-state index is 0.0832. The topological polar surface area (TPSA) is 108 Å². The van der Waals surface area contributed by atoms with Gasteiger partial charge in [0.1, 0.15) is 18.5 Å². The van der Waals surface area contributed by atoms with Gasteiger partial charge in [-0.25, -0.2) is 0 Å². The van der Waals surface area contributed by atoms with E-state index in [0.717, 1.165) is 0 Å². The maximum Gasteiger partial charge on any atom is 0.305 e. The van der Waals surface area contributed by atoms with Crippen LogP contribution in [-0.4, -0.2) is 53.9 Å². The molecule has 0 saturated heterocycles. The zero-order chi connectivity index (χ0) is 16.4. The Morgan fingerprint density at radius 3 is 2.59 bits per heavy atom. The number of hydrogen-bond donors (Lipinski definition) is 4. The Bertz CT molecular complexity index is 466. The zero-order valence-electron chi connectivity index (χ0n) is 12.5. The summed E-state index contributed by atoms with van der Waals surface area (Å²) in [7, 11) is 0. The minimum Gasteiger partial charge on any atom is -0.491 e. The number of nitrogens with one attached hydrogen (secondary N) is 2. The van der Waals surface area contributed by atoms with E-state index in [9.17, 15) is 14.7 Å². The van der Waals surface area contributed by atoms with E-state index < -0.39 is 18.1 Å². The third-order valence-corrected chi connectivity index (χ3v) is 2.88. The summed E-state index contributed by atoms with van der Waals surface area (Å²) in [6, 6.07) is 8.60. The molecular weight excluding hydrogens is 288 g/mol. The maximum atomic E-state index is 11.6. The molecular formula is C15H22N2O5. The molecule has 0 aromatic heterocycles. The molecule has 22 heavy (non-hydrogen) atoms. The van der Waals surface area contributed by atoms with Gasteiger partial charge in [0.2, 0.25) is 5.91 Å². The van der Waals surface area contributed by atoms with Crippen molar-refractivity contribution in [1.82, 2.24) is 10.6 Å². The Kier molecular flexibility index (Phi) is 7.95. The van der Waals surface area contributed by atoms with Gasteiger partial charge in [-0.05, 0) is 19.1 Å². The lowest BCUT2D eigenvalue weighted by Gasteiger charge is -2.17. The third kappa shape index (κ3) is 7.61. The quantitative estimate of drug-likeness (QED) is 0.484. The van der Waals surface area contributed by atoms with Crippen LogP contribution in [0.25, 0.3) is 0 Å². The Hall–Kier alpha value is -2.12. The van der Waals surface area contributed by atoms with Gasteiger partial charge in [0.15, 0.2) is 0 Å². The number of benzene rings is 1. The predicted octanol–water partition coefficient (Wildman–Crippen LogP) is -0.00470. The van der Waals surface area contributed by atoms with Crippen LogP contribution in [-0.2, 0) is 9.59 Å². The van der Waals surface area contributed by atoms with E-state index in [1.54, 1.807) is 19.1 Å². The number of amides is 1. The number of aliphatic carboxylic acids is 1. The fourth-order valence-corrected chi connectivity index (χ4v) is 1.62. The molecule has 0 heterocycles. The molecule has 1 aromatic carbocycles. The Morgan fingerprint density at radius 2 is 1.95 bits per heavy atom. The second-order valence-corrected chi connectivity index (χ2v) is 4.84. The van der Waals surface area contributed by atoms with Crippen LogP contribution < -0.4 is 15.4 Å². The number of ether oxygens (including phenoxy) is 1. The molecule has 0 aliphatic rings. The summed E-state index contributed by atoms with van der Waals surface area (Å²) in [5.41, 5.74) is 0. The second kappa shape index (κ2) is 9.75. The molecule has 1 aromatic rings. The van der Waals surface area contributed by atoms with Crippen molar-refractivity contribution in [1.29, 1.82) is 0 Å². The summed E-state index contributed by atoms with van der Waals surface area (Å²) >= 11 is 0. The van der Waals surface area contributed by atoms with Crippen LogP contribution >= 0.6 is 0 Å². The Labute approximate surface area is 129 Å². The first-order valence-electron chi connectivity index (χ1n) is 7.08. The molecule has 2 atom stereocenters. The third-order valence-electron chi connectivity index (χ3n) is 2.88. The van der Waals surface area contributed by atoms with Gasteiger partial charge >= 0.3 is 5.97 Å². The van der Waals surface area contributed by atoms with Crippen molar-refractivity contribution in [3.05, 3.63) is 30.3 Å². The lowest BCUT2D eigenvalue weighted by molar-refractivity contribution is -0.136. The fraction of sp³-hybridized carbons (Fsp3) is 0.467. The van der Waals surface area contributed by atoms with Crippen LogP contribution in [0.3, 0.4) is 0 Å². The number of aliphatic hydroxyl groups excluding tert-OH is 1. The van der Waals surface area contributed by atoms with Crippen molar-refractivity contribution < 1.29 is 24.5 Å². The van der Waals surface area contributed by atoms with Crippen molar-refractivity contribution in [3.63, 3.8) is 0 Å². The number of rotatable bonds is 10. The van der Waals surface area contributed by atoms with Crippen LogP contribution in [0, 0.1) is 0 Å². The predicted molar refractivity (Wildman–Crippen MR) is 80.7 cm³/mol. The zero-order valence-corrected chi connectivity index (χ0v) is 12.5. The molecule has 0 spiro atoms. The van der Waals surface area contributed by atoms with E-state index in [1.807, 2.05) is 18.2 Å². The van der Waals surface area contributed by atoms with Crippen molar-refractivity contribution in [2.24, 2.45) is 0 Å². The summed E-state index contributed by atoms with van der Waals surface area (Å²) in [5, 5.41) is 23.6. The van der Waals surface area contributed by atoms with Crippen LogP contribution in [0.2, 0.25) is 0 Å². The van der Waals surface area contributed by atoms with Gasteiger partial charge in [0, 0.05) is 13.1 Å². The molecule has 0 bridgehead atoms. The SMILES string of the molecule is CC(NCC(O)COc1ccccc1)C(=O)NCCC(=O)O. The van der Waals surface area contributed by atoms with Crippen LogP contribution in [0.1, 0.15) is 13.3 Å². The van der Waals surface area contributed by atoms with E-state index in [-0.39, 0.29) is 32.0 Å². The monoisotopic (exact) mass is 310 g/mol. The fourth-order valence-electron chi connectivity index (χ4n) is 1.62. The number of aliphatic hydroxyl groups is 1. The van der Waals surface area contributed by atoms with Gasteiger partial charge < -0.3 is 25.6 Å². The molecule has 7 heteroatoms. The number of carboxylic acid groups (broad SMARTS) is 1. The number of carbonyl (C=O) groups excluding carboxylic acids is 1. The largest absolute Gasteiger partial charge is 0.491 e. The van der Waals surface area contributed by atoms with Crippen molar-refractivity contribution in [3.8, 4) is 5.75 Å².